The van der Waals surface area contributed by atoms with Gasteiger partial charge in [0, 0.05) is 24.3 Å². The van der Waals surface area contributed by atoms with Crippen molar-refractivity contribution in [2.24, 2.45) is 5.92 Å². The molecule has 0 aliphatic rings. The number of rotatable bonds is 7. The summed E-state index contributed by atoms with van der Waals surface area (Å²) in [6, 6.07) is 5.25. The third kappa shape index (κ3) is 7.01. The van der Waals surface area contributed by atoms with E-state index in [2.05, 4.69) is 39.9 Å². The number of halogens is 1. The van der Waals surface area contributed by atoms with Gasteiger partial charge < -0.3 is 10.1 Å². The number of benzene rings is 1. The molecule has 0 aliphatic carbocycles. The first-order valence-electron chi connectivity index (χ1n) is 7.38. The van der Waals surface area contributed by atoms with Crippen LogP contribution in [-0.2, 0) is 17.9 Å². The van der Waals surface area contributed by atoms with E-state index in [1.54, 1.807) is 0 Å². The molecular weight excluding hydrogens is 253 g/mol. The van der Waals surface area contributed by atoms with Gasteiger partial charge >= 0.3 is 0 Å². The van der Waals surface area contributed by atoms with Crippen molar-refractivity contribution in [3.8, 4) is 0 Å². The van der Waals surface area contributed by atoms with Crippen LogP contribution in [0.5, 0.6) is 0 Å². The lowest BCUT2D eigenvalue weighted by Crippen LogP contribution is -2.35. The van der Waals surface area contributed by atoms with E-state index in [9.17, 15) is 4.39 Å². The molecule has 1 aromatic rings. The lowest BCUT2D eigenvalue weighted by molar-refractivity contribution is 0.108. The summed E-state index contributed by atoms with van der Waals surface area (Å²) >= 11 is 0. The van der Waals surface area contributed by atoms with Crippen LogP contribution < -0.4 is 5.32 Å². The first kappa shape index (κ1) is 17.1. The average molecular weight is 281 g/mol. The van der Waals surface area contributed by atoms with Gasteiger partial charge in [-0.2, -0.15) is 0 Å². The minimum atomic E-state index is -0.186. The van der Waals surface area contributed by atoms with Gasteiger partial charge in [-0.05, 0) is 50.8 Å². The van der Waals surface area contributed by atoms with Gasteiger partial charge in [-0.15, -0.1) is 0 Å². The highest BCUT2D eigenvalue weighted by Crippen LogP contribution is 2.13. The molecular formula is C17H28FNO. The van der Waals surface area contributed by atoms with Crippen LogP contribution in [0, 0.1) is 11.7 Å². The molecule has 0 aliphatic heterocycles. The van der Waals surface area contributed by atoms with Crippen LogP contribution in [0.2, 0.25) is 0 Å². The summed E-state index contributed by atoms with van der Waals surface area (Å²) in [5.41, 5.74) is 1.79. The Balaban J connectivity index is 2.53. The monoisotopic (exact) mass is 281 g/mol. The SMILES string of the molecule is CC(C)CCOCc1cc(CNC(C)(C)C)ccc1F. The fourth-order valence-corrected chi connectivity index (χ4v) is 1.72. The molecule has 114 valence electrons. The second-order valence-electron chi connectivity index (χ2n) is 6.76. The molecule has 0 heterocycles. The maximum absolute atomic E-state index is 13.7. The summed E-state index contributed by atoms with van der Waals surface area (Å²) in [6.07, 6.45) is 1.01. The van der Waals surface area contributed by atoms with Crippen LogP contribution in [0.4, 0.5) is 4.39 Å². The van der Waals surface area contributed by atoms with Crippen molar-refractivity contribution < 1.29 is 9.13 Å². The molecule has 2 nitrogen and oxygen atoms in total. The third-order valence-corrected chi connectivity index (χ3v) is 3.03. The summed E-state index contributed by atoms with van der Waals surface area (Å²) in [5.74, 6) is 0.427. The highest BCUT2D eigenvalue weighted by molar-refractivity contribution is 5.24. The van der Waals surface area contributed by atoms with E-state index in [1.165, 1.54) is 6.07 Å². The Morgan fingerprint density at radius 1 is 1.25 bits per heavy atom. The Morgan fingerprint density at radius 3 is 2.55 bits per heavy atom. The Labute approximate surface area is 122 Å². The van der Waals surface area contributed by atoms with Crippen molar-refractivity contribution in [2.75, 3.05) is 6.61 Å². The van der Waals surface area contributed by atoms with E-state index in [4.69, 9.17) is 4.74 Å². The molecule has 0 unspecified atom stereocenters. The number of nitrogens with one attached hydrogen (secondary N) is 1. The smallest absolute Gasteiger partial charge is 0.128 e. The summed E-state index contributed by atoms with van der Waals surface area (Å²) in [6.45, 7) is 12.4. The topological polar surface area (TPSA) is 21.3 Å². The first-order valence-corrected chi connectivity index (χ1v) is 7.38. The fraction of sp³-hybridized carbons (Fsp3) is 0.647. The lowest BCUT2D eigenvalue weighted by atomic mass is 10.1. The van der Waals surface area contributed by atoms with Crippen molar-refractivity contribution in [3.05, 3.63) is 35.1 Å². The number of hydrogen-bond donors (Lipinski definition) is 1. The van der Waals surface area contributed by atoms with Crippen molar-refractivity contribution in [3.63, 3.8) is 0 Å². The first-order chi connectivity index (χ1) is 9.28. The van der Waals surface area contributed by atoms with Gasteiger partial charge in [0.1, 0.15) is 5.82 Å². The van der Waals surface area contributed by atoms with E-state index in [0.29, 0.717) is 24.7 Å². The Hall–Kier alpha value is -0.930. The van der Waals surface area contributed by atoms with Crippen molar-refractivity contribution in [1.29, 1.82) is 0 Å². The Bertz CT molecular complexity index is 410. The molecule has 3 heteroatoms. The van der Waals surface area contributed by atoms with E-state index >= 15 is 0 Å². The van der Waals surface area contributed by atoms with Gasteiger partial charge in [-0.25, -0.2) is 4.39 Å². The molecule has 0 fully saturated rings. The third-order valence-electron chi connectivity index (χ3n) is 3.03. The molecule has 0 saturated heterocycles. The molecule has 0 radical (unpaired) electrons. The Morgan fingerprint density at radius 2 is 1.95 bits per heavy atom. The summed E-state index contributed by atoms with van der Waals surface area (Å²) in [5, 5.41) is 3.40. The molecule has 0 saturated carbocycles. The van der Waals surface area contributed by atoms with Gasteiger partial charge in [0.15, 0.2) is 0 Å². The van der Waals surface area contributed by atoms with Gasteiger partial charge in [0.2, 0.25) is 0 Å². The van der Waals surface area contributed by atoms with Crippen LogP contribution >= 0.6 is 0 Å². The average Bonchev–Trinajstić information content (AvgIpc) is 2.33. The van der Waals surface area contributed by atoms with Gasteiger partial charge in [0.25, 0.3) is 0 Å². The highest BCUT2D eigenvalue weighted by atomic mass is 19.1. The molecule has 1 rings (SSSR count). The largest absolute Gasteiger partial charge is 0.377 e. The second kappa shape index (κ2) is 7.75. The zero-order chi connectivity index (χ0) is 15.2. The number of ether oxygens (including phenoxy) is 1. The Kier molecular flexibility index (Phi) is 6.63. The fourth-order valence-electron chi connectivity index (χ4n) is 1.72. The normalized spacial score (nSPS) is 12.2. The molecule has 0 spiro atoms. The minimum Gasteiger partial charge on any atom is -0.377 e. The molecule has 20 heavy (non-hydrogen) atoms. The van der Waals surface area contributed by atoms with Crippen LogP contribution in [-0.4, -0.2) is 12.1 Å². The zero-order valence-corrected chi connectivity index (χ0v) is 13.4. The molecule has 0 amide bonds. The van der Waals surface area contributed by atoms with Gasteiger partial charge in [-0.3, -0.25) is 0 Å². The quantitative estimate of drug-likeness (QED) is 0.753. The van der Waals surface area contributed by atoms with Crippen molar-refractivity contribution in [1.82, 2.24) is 5.32 Å². The van der Waals surface area contributed by atoms with Crippen LogP contribution in [0.25, 0.3) is 0 Å². The van der Waals surface area contributed by atoms with Crippen molar-refractivity contribution in [2.45, 2.75) is 59.7 Å². The zero-order valence-electron chi connectivity index (χ0n) is 13.4. The number of hydrogen-bond acceptors (Lipinski definition) is 2. The van der Waals surface area contributed by atoms with E-state index < -0.39 is 0 Å². The van der Waals surface area contributed by atoms with Crippen LogP contribution in [0.1, 0.15) is 52.2 Å². The second-order valence-corrected chi connectivity index (χ2v) is 6.76. The highest BCUT2D eigenvalue weighted by Gasteiger charge is 2.10. The molecule has 0 atom stereocenters. The molecule has 0 aromatic heterocycles. The maximum Gasteiger partial charge on any atom is 0.128 e. The predicted molar refractivity (Wildman–Crippen MR) is 82.1 cm³/mol. The summed E-state index contributed by atoms with van der Waals surface area (Å²) < 4.78 is 19.3. The predicted octanol–water partition coefficient (Wildman–Crippen LogP) is 4.28. The van der Waals surface area contributed by atoms with Gasteiger partial charge in [0.05, 0.1) is 6.61 Å². The lowest BCUT2D eigenvalue weighted by Gasteiger charge is -2.20. The molecule has 0 bridgehead atoms. The van der Waals surface area contributed by atoms with E-state index in [1.807, 2.05) is 12.1 Å². The molecule has 1 N–H and O–H groups in total. The van der Waals surface area contributed by atoms with E-state index in [0.717, 1.165) is 18.5 Å². The van der Waals surface area contributed by atoms with Crippen LogP contribution in [0.3, 0.4) is 0 Å². The van der Waals surface area contributed by atoms with Crippen molar-refractivity contribution >= 4 is 0 Å². The minimum absolute atomic E-state index is 0.0579. The maximum atomic E-state index is 13.7. The van der Waals surface area contributed by atoms with Crippen LogP contribution in [0.15, 0.2) is 18.2 Å². The van der Waals surface area contributed by atoms with Gasteiger partial charge in [-0.1, -0.05) is 19.9 Å². The molecule has 1 aromatic carbocycles. The summed E-state index contributed by atoms with van der Waals surface area (Å²) in [4.78, 5) is 0. The standard InChI is InChI=1S/C17H28FNO/c1-13(2)8-9-20-12-15-10-14(6-7-16(15)18)11-19-17(3,4)5/h6-7,10,13,19H,8-9,11-12H2,1-5H3. The summed E-state index contributed by atoms with van der Waals surface area (Å²) in [7, 11) is 0. The van der Waals surface area contributed by atoms with E-state index in [-0.39, 0.29) is 11.4 Å².